The van der Waals surface area contributed by atoms with Gasteiger partial charge in [-0.1, -0.05) is 0 Å². The summed E-state index contributed by atoms with van der Waals surface area (Å²) in [5.74, 6) is 8.28. The first-order chi connectivity index (χ1) is 9.58. The first-order valence-electron chi connectivity index (χ1n) is 6.27. The highest BCUT2D eigenvalue weighted by atomic mass is 79.9. The van der Waals surface area contributed by atoms with E-state index in [1.807, 2.05) is 12.1 Å². The number of hydrogen-bond donors (Lipinski definition) is 2. The molecule has 3 rings (SSSR count). The number of anilines is 1. The fourth-order valence-corrected chi connectivity index (χ4v) is 2.70. The van der Waals surface area contributed by atoms with Gasteiger partial charge >= 0.3 is 0 Å². The van der Waals surface area contributed by atoms with Gasteiger partial charge in [-0.05, 0) is 35.0 Å². The lowest BCUT2D eigenvalue weighted by Gasteiger charge is -2.11. The average Bonchev–Trinajstić information content (AvgIpc) is 2.63. The van der Waals surface area contributed by atoms with E-state index in [0.717, 1.165) is 16.5 Å². The Morgan fingerprint density at radius 1 is 1.30 bits per heavy atom. The largest absolute Gasteiger partial charge is 0.489 e. The van der Waals surface area contributed by atoms with Gasteiger partial charge < -0.3 is 21.1 Å². The molecule has 2 heterocycles. The molecule has 0 unspecified atom stereocenters. The predicted molar refractivity (Wildman–Crippen MR) is 80.3 cm³/mol. The van der Waals surface area contributed by atoms with E-state index in [0.29, 0.717) is 42.0 Å². The van der Waals surface area contributed by atoms with E-state index in [9.17, 15) is 0 Å². The Hall–Kier alpha value is -1.89. The molecule has 0 spiro atoms. The normalized spacial score (nSPS) is 14.1. The Morgan fingerprint density at radius 2 is 2.05 bits per heavy atom. The monoisotopic (exact) mass is 338 g/mol. The molecule has 0 radical (unpaired) electrons. The molecule has 1 aromatic heterocycles. The number of imidazole rings is 1. The topological polar surface area (TPSA) is 88.3 Å². The highest BCUT2D eigenvalue weighted by Crippen LogP contribution is 2.41. The maximum Gasteiger partial charge on any atom is 0.175 e. The molecule has 1 aliphatic heterocycles. The van der Waals surface area contributed by atoms with Crippen molar-refractivity contribution in [2.24, 2.45) is 0 Å². The molecule has 106 valence electrons. The van der Waals surface area contributed by atoms with Gasteiger partial charge in [-0.2, -0.15) is 0 Å². The van der Waals surface area contributed by atoms with Gasteiger partial charge in [-0.25, -0.2) is 9.66 Å². The van der Waals surface area contributed by atoms with Crippen LogP contribution in [0.2, 0.25) is 0 Å². The van der Waals surface area contributed by atoms with Crippen LogP contribution in [0.5, 0.6) is 11.5 Å². The number of fused-ring (bicyclic) bond motifs is 1. The second-order valence-electron chi connectivity index (χ2n) is 4.60. The minimum atomic E-state index is 0.420. The molecular weight excluding hydrogens is 324 g/mol. The number of ether oxygens (including phenoxy) is 2. The number of nitrogens with zero attached hydrogens (tertiary/aromatic N) is 2. The molecule has 0 saturated carbocycles. The van der Waals surface area contributed by atoms with E-state index in [1.165, 1.54) is 4.68 Å². The van der Waals surface area contributed by atoms with Crippen molar-refractivity contribution in [3.05, 3.63) is 22.4 Å². The Kier molecular flexibility index (Phi) is 3.21. The average molecular weight is 339 g/mol. The minimum absolute atomic E-state index is 0.420. The van der Waals surface area contributed by atoms with Crippen molar-refractivity contribution in [2.45, 2.75) is 13.3 Å². The van der Waals surface area contributed by atoms with Gasteiger partial charge in [0.15, 0.2) is 17.3 Å². The summed E-state index contributed by atoms with van der Waals surface area (Å²) >= 11 is 3.50. The van der Waals surface area contributed by atoms with Crippen molar-refractivity contribution >= 4 is 21.7 Å². The van der Waals surface area contributed by atoms with E-state index >= 15 is 0 Å². The molecule has 0 amide bonds. The maximum atomic E-state index is 5.98. The minimum Gasteiger partial charge on any atom is -0.489 e. The molecule has 1 aromatic carbocycles. The predicted octanol–water partition coefficient (Wildman–Crippen LogP) is 2.08. The molecule has 0 fully saturated rings. The summed E-state index contributed by atoms with van der Waals surface area (Å²) in [6.07, 6.45) is 0.856. The third kappa shape index (κ3) is 2.07. The zero-order valence-corrected chi connectivity index (χ0v) is 12.6. The number of nitrogens with two attached hydrogens (primary N) is 2. The molecule has 7 heteroatoms. The molecule has 0 atom stereocenters. The Bertz CT molecular complexity index is 669. The number of hydrogen-bond acceptors (Lipinski definition) is 5. The first kappa shape index (κ1) is 13.1. The summed E-state index contributed by atoms with van der Waals surface area (Å²) in [7, 11) is 0. The quantitative estimate of drug-likeness (QED) is 0.777. The van der Waals surface area contributed by atoms with Crippen molar-refractivity contribution in [1.82, 2.24) is 9.66 Å². The third-order valence-electron chi connectivity index (χ3n) is 3.20. The summed E-state index contributed by atoms with van der Waals surface area (Å²) in [4.78, 5) is 4.39. The summed E-state index contributed by atoms with van der Waals surface area (Å²) in [5.41, 5.74) is 7.46. The second kappa shape index (κ2) is 4.90. The lowest BCUT2D eigenvalue weighted by Crippen LogP contribution is -2.13. The van der Waals surface area contributed by atoms with E-state index in [-0.39, 0.29) is 0 Å². The molecular formula is C13H15BrN4O2. The fraction of sp³-hybridized carbons (Fsp3) is 0.308. The van der Waals surface area contributed by atoms with Gasteiger partial charge in [0.05, 0.1) is 17.7 Å². The van der Waals surface area contributed by atoms with Crippen LogP contribution < -0.4 is 21.1 Å². The SMILES string of the molecule is Cc1nc(-c2cc(Br)c3c(c2)OCCCO3)c(N)n1N. The van der Waals surface area contributed by atoms with E-state index < -0.39 is 0 Å². The number of benzene rings is 1. The van der Waals surface area contributed by atoms with Gasteiger partial charge in [-0.3, -0.25) is 0 Å². The van der Waals surface area contributed by atoms with Crippen LogP contribution in [0.3, 0.4) is 0 Å². The Labute approximate surface area is 124 Å². The van der Waals surface area contributed by atoms with Gasteiger partial charge in [0, 0.05) is 12.0 Å². The number of nitrogen functional groups attached to an aromatic ring is 2. The van der Waals surface area contributed by atoms with Crippen LogP contribution in [-0.2, 0) is 0 Å². The lowest BCUT2D eigenvalue weighted by atomic mass is 10.1. The highest BCUT2D eigenvalue weighted by molar-refractivity contribution is 9.10. The van der Waals surface area contributed by atoms with Crippen LogP contribution in [-0.4, -0.2) is 22.9 Å². The van der Waals surface area contributed by atoms with Crippen LogP contribution >= 0.6 is 15.9 Å². The summed E-state index contributed by atoms with van der Waals surface area (Å²) in [6.45, 7) is 3.07. The maximum absolute atomic E-state index is 5.98. The Morgan fingerprint density at radius 3 is 2.75 bits per heavy atom. The lowest BCUT2D eigenvalue weighted by molar-refractivity contribution is 0.296. The number of rotatable bonds is 1. The summed E-state index contributed by atoms with van der Waals surface area (Å²) in [5, 5.41) is 0. The third-order valence-corrected chi connectivity index (χ3v) is 3.79. The van der Waals surface area contributed by atoms with Crippen LogP contribution in [0.25, 0.3) is 11.3 Å². The van der Waals surface area contributed by atoms with Crippen LogP contribution in [0.15, 0.2) is 16.6 Å². The molecule has 2 aromatic rings. The van der Waals surface area contributed by atoms with Gasteiger partial charge in [0.25, 0.3) is 0 Å². The number of aromatic nitrogens is 2. The van der Waals surface area contributed by atoms with Gasteiger partial charge in [-0.15, -0.1) is 0 Å². The number of halogens is 1. The molecule has 0 aliphatic carbocycles. The molecule has 0 saturated heterocycles. The van der Waals surface area contributed by atoms with Gasteiger partial charge in [0.2, 0.25) is 0 Å². The van der Waals surface area contributed by atoms with Crippen molar-refractivity contribution in [3.63, 3.8) is 0 Å². The van der Waals surface area contributed by atoms with Crippen molar-refractivity contribution in [1.29, 1.82) is 0 Å². The fourth-order valence-electron chi connectivity index (χ4n) is 2.14. The van der Waals surface area contributed by atoms with Crippen LogP contribution in [0.4, 0.5) is 5.82 Å². The van der Waals surface area contributed by atoms with Crippen molar-refractivity contribution in [2.75, 3.05) is 24.8 Å². The number of aryl methyl sites for hydroxylation is 1. The zero-order chi connectivity index (χ0) is 14.3. The molecule has 6 nitrogen and oxygen atoms in total. The molecule has 4 N–H and O–H groups in total. The van der Waals surface area contributed by atoms with E-state index in [1.54, 1.807) is 6.92 Å². The van der Waals surface area contributed by atoms with Crippen molar-refractivity contribution in [3.8, 4) is 22.8 Å². The standard InChI is InChI=1S/C13H15BrN4O2/c1-7-17-11(13(15)18(7)16)8-5-9(14)12-10(6-8)19-3-2-4-20-12/h5-6H,2-4,15-16H2,1H3. The highest BCUT2D eigenvalue weighted by Gasteiger charge is 2.19. The smallest absolute Gasteiger partial charge is 0.175 e. The van der Waals surface area contributed by atoms with Crippen molar-refractivity contribution < 1.29 is 9.47 Å². The second-order valence-corrected chi connectivity index (χ2v) is 5.45. The zero-order valence-electron chi connectivity index (χ0n) is 11.0. The van der Waals surface area contributed by atoms with Gasteiger partial charge in [0.1, 0.15) is 11.5 Å². The summed E-state index contributed by atoms with van der Waals surface area (Å²) < 4.78 is 13.6. The molecule has 0 bridgehead atoms. The van der Waals surface area contributed by atoms with Crippen LogP contribution in [0, 0.1) is 6.92 Å². The Balaban J connectivity index is 2.13. The van der Waals surface area contributed by atoms with Crippen LogP contribution in [0.1, 0.15) is 12.2 Å². The van der Waals surface area contributed by atoms with E-state index in [4.69, 9.17) is 21.1 Å². The molecule has 1 aliphatic rings. The summed E-state index contributed by atoms with van der Waals surface area (Å²) in [6, 6.07) is 3.79. The first-order valence-corrected chi connectivity index (χ1v) is 7.06. The van der Waals surface area contributed by atoms with E-state index in [2.05, 4.69) is 20.9 Å². The molecule has 20 heavy (non-hydrogen) atoms.